The SMILES string of the molecule is O=C(OCc1ccn(-c2ccccc2)n1)c1ccc2c(c1)OCCCO2. The zero-order valence-electron chi connectivity index (χ0n) is 14.1. The first kappa shape index (κ1) is 16.2. The molecule has 0 saturated heterocycles. The predicted molar refractivity (Wildman–Crippen MR) is 94.7 cm³/mol. The number of para-hydroxylation sites is 1. The largest absolute Gasteiger partial charge is 0.490 e. The molecule has 132 valence electrons. The summed E-state index contributed by atoms with van der Waals surface area (Å²) in [5, 5.41) is 4.42. The van der Waals surface area contributed by atoms with Crippen LogP contribution in [-0.4, -0.2) is 29.0 Å². The van der Waals surface area contributed by atoms with Crippen LogP contribution in [0.15, 0.2) is 60.8 Å². The van der Waals surface area contributed by atoms with Gasteiger partial charge in [0.05, 0.1) is 24.5 Å². The second-order valence-corrected chi connectivity index (χ2v) is 5.88. The van der Waals surface area contributed by atoms with Gasteiger partial charge < -0.3 is 14.2 Å². The van der Waals surface area contributed by atoms with Gasteiger partial charge in [-0.3, -0.25) is 0 Å². The maximum Gasteiger partial charge on any atom is 0.338 e. The molecule has 0 unspecified atom stereocenters. The van der Waals surface area contributed by atoms with Crippen molar-refractivity contribution in [3.05, 3.63) is 72.1 Å². The van der Waals surface area contributed by atoms with Crippen LogP contribution in [0.4, 0.5) is 0 Å². The number of hydrogen-bond donors (Lipinski definition) is 0. The van der Waals surface area contributed by atoms with Crippen LogP contribution >= 0.6 is 0 Å². The molecule has 0 N–H and O–H groups in total. The molecular weight excluding hydrogens is 332 g/mol. The maximum absolute atomic E-state index is 12.3. The molecule has 26 heavy (non-hydrogen) atoms. The third-order valence-corrected chi connectivity index (χ3v) is 4.00. The topological polar surface area (TPSA) is 62.6 Å². The number of nitrogens with zero attached hydrogens (tertiary/aromatic N) is 2. The first-order chi connectivity index (χ1) is 12.8. The number of rotatable bonds is 4. The summed E-state index contributed by atoms with van der Waals surface area (Å²) in [6.07, 6.45) is 2.66. The lowest BCUT2D eigenvalue weighted by molar-refractivity contribution is 0.0467. The summed E-state index contributed by atoms with van der Waals surface area (Å²) in [6, 6.07) is 16.7. The van der Waals surface area contributed by atoms with Gasteiger partial charge in [-0.1, -0.05) is 18.2 Å². The van der Waals surface area contributed by atoms with Crippen molar-refractivity contribution in [2.45, 2.75) is 13.0 Å². The summed E-state index contributed by atoms with van der Waals surface area (Å²) >= 11 is 0. The van der Waals surface area contributed by atoms with Crippen LogP contribution in [0.5, 0.6) is 11.5 Å². The molecule has 1 aliphatic heterocycles. The van der Waals surface area contributed by atoms with Gasteiger partial charge in [0, 0.05) is 12.6 Å². The molecular formula is C20H18N2O4. The number of fused-ring (bicyclic) bond motifs is 1. The third kappa shape index (κ3) is 3.54. The van der Waals surface area contributed by atoms with Crippen LogP contribution in [0.3, 0.4) is 0 Å². The summed E-state index contributed by atoms with van der Waals surface area (Å²) < 4.78 is 18.3. The van der Waals surface area contributed by atoms with Gasteiger partial charge in [0.15, 0.2) is 11.5 Å². The Morgan fingerprint density at radius 1 is 1.04 bits per heavy atom. The Balaban J connectivity index is 1.41. The van der Waals surface area contributed by atoms with Gasteiger partial charge in [-0.25, -0.2) is 9.48 Å². The minimum Gasteiger partial charge on any atom is -0.490 e. The highest BCUT2D eigenvalue weighted by atomic mass is 16.5. The summed E-state index contributed by atoms with van der Waals surface area (Å²) in [4.78, 5) is 12.3. The van der Waals surface area contributed by atoms with Crippen molar-refractivity contribution in [3.8, 4) is 17.2 Å². The quantitative estimate of drug-likeness (QED) is 0.675. The Bertz CT molecular complexity index is 905. The maximum atomic E-state index is 12.3. The van der Waals surface area contributed by atoms with Crippen molar-refractivity contribution in [1.29, 1.82) is 0 Å². The average Bonchev–Trinajstić information content (AvgIpc) is 3.04. The lowest BCUT2D eigenvalue weighted by Crippen LogP contribution is -2.06. The van der Waals surface area contributed by atoms with E-state index in [1.54, 1.807) is 22.9 Å². The fourth-order valence-corrected chi connectivity index (χ4v) is 2.68. The third-order valence-electron chi connectivity index (χ3n) is 4.00. The van der Waals surface area contributed by atoms with Crippen molar-refractivity contribution in [1.82, 2.24) is 9.78 Å². The van der Waals surface area contributed by atoms with Gasteiger partial charge in [0.25, 0.3) is 0 Å². The zero-order chi connectivity index (χ0) is 17.8. The van der Waals surface area contributed by atoms with E-state index >= 15 is 0 Å². The van der Waals surface area contributed by atoms with E-state index in [2.05, 4.69) is 5.10 Å². The molecule has 6 nitrogen and oxygen atoms in total. The van der Waals surface area contributed by atoms with Crippen molar-refractivity contribution >= 4 is 5.97 Å². The van der Waals surface area contributed by atoms with Crippen LogP contribution in [0, 0.1) is 0 Å². The van der Waals surface area contributed by atoms with Gasteiger partial charge in [0.2, 0.25) is 0 Å². The smallest absolute Gasteiger partial charge is 0.338 e. The van der Waals surface area contributed by atoms with Crippen LogP contribution in [-0.2, 0) is 11.3 Å². The van der Waals surface area contributed by atoms with Gasteiger partial charge in [-0.05, 0) is 36.4 Å². The number of hydrogen-bond acceptors (Lipinski definition) is 5. The minimum absolute atomic E-state index is 0.104. The minimum atomic E-state index is -0.421. The van der Waals surface area contributed by atoms with Crippen molar-refractivity contribution in [2.24, 2.45) is 0 Å². The molecule has 0 bridgehead atoms. The molecule has 0 amide bonds. The van der Waals surface area contributed by atoms with E-state index in [4.69, 9.17) is 14.2 Å². The molecule has 2 aromatic carbocycles. The lowest BCUT2D eigenvalue weighted by atomic mass is 10.2. The van der Waals surface area contributed by atoms with Crippen LogP contribution in [0.2, 0.25) is 0 Å². The Morgan fingerprint density at radius 2 is 1.85 bits per heavy atom. The number of esters is 1. The second-order valence-electron chi connectivity index (χ2n) is 5.88. The highest BCUT2D eigenvalue weighted by Gasteiger charge is 2.15. The highest BCUT2D eigenvalue weighted by Crippen LogP contribution is 2.30. The first-order valence-corrected chi connectivity index (χ1v) is 8.46. The molecule has 0 spiro atoms. The molecule has 2 heterocycles. The molecule has 0 fully saturated rings. The van der Waals surface area contributed by atoms with Crippen LogP contribution in [0.1, 0.15) is 22.5 Å². The summed E-state index contributed by atoms with van der Waals surface area (Å²) in [6.45, 7) is 1.29. The Kier molecular flexibility index (Phi) is 4.55. The second kappa shape index (κ2) is 7.31. The van der Waals surface area contributed by atoms with Crippen LogP contribution < -0.4 is 9.47 Å². The van der Waals surface area contributed by atoms with Crippen molar-refractivity contribution < 1.29 is 19.0 Å². The van der Waals surface area contributed by atoms with E-state index in [1.165, 1.54) is 0 Å². The average molecular weight is 350 g/mol. The molecule has 0 saturated carbocycles. The van der Waals surface area contributed by atoms with Gasteiger partial charge in [-0.2, -0.15) is 5.10 Å². The lowest BCUT2D eigenvalue weighted by Gasteiger charge is -2.09. The molecule has 0 radical (unpaired) electrons. The molecule has 6 heteroatoms. The summed E-state index contributed by atoms with van der Waals surface area (Å²) in [5.41, 5.74) is 2.06. The summed E-state index contributed by atoms with van der Waals surface area (Å²) in [7, 11) is 0. The molecule has 3 aromatic rings. The standard InChI is InChI=1S/C20H18N2O4/c23-20(15-7-8-18-19(13-15)25-12-4-11-24-18)26-14-16-9-10-22(21-16)17-5-2-1-3-6-17/h1-3,5-10,13H,4,11-12,14H2. The Labute approximate surface area is 150 Å². The number of carbonyl (C=O) groups is 1. The normalized spacial score (nSPS) is 13.1. The van der Waals surface area contributed by atoms with E-state index in [9.17, 15) is 4.79 Å². The van der Waals surface area contributed by atoms with Gasteiger partial charge in [-0.15, -0.1) is 0 Å². The number of carbonyl (C=O) groups excluding carboxylic acids is 1. The van der Waals surface area contributed by atoms with Crippen molar-refractivity contribution in [3.63, 3.8) is 0 Å². The monoisotopic (exact) mass is 350 g/mol. The fourth-order valence-electron chi connectivity index (χ4n) is 2.68. The Hall–Kier alpha value is -3.28. The molecule has 1 aliphatic rings. The number of aromatic nitrogens is 2. The van der Waals surface area contributed by atoms with Gasteiger partial charge in [0.1, 0.15) is 12.3 Å². The molecule has 4 rings (SSSR count). The molecule has 0 aliphatic carbocycles. The van der Waals surface area contributed by atoms with Crippen LogP contribution in [0.25, 0.3) is 5.69 Å². The van der Waals surface area contributed by atoms with Crippen molar-refractivity contribution in [2.75, 3.05) is 13.2 Å². The van der Waals surface area contributed by atoms with E-state index in [1.807, 2.05) is 42.6 Å². The fraction of sp³-hybridized carbons (Fsp3) is 0.200. The summed E-state index contributed by atoms with van der Waals surface area (Å²) in [5.74, 6) is 0.806. The van der Waals surface area contributed by atoms with E-state index in [0.717, 1.165) is 12.1 Å². The highest BCUT2D eigenvalue weighted by molar-refractivity contribution is 5.90. The van der Waals surface area contributed by atoms with Gasteiger partial charge >= 0.3 is 5.97 Å². The van der Waals surface area contributed by atoms with E-state index in [0.29, 0.717) is 36.0 Å². The predicted octanol–water partition coefficient (Wildman–Crippen LogP) is 3.39. The molecule has 0 atom stereocenters. The van der Waals surface area contributed by atoms with E-state index < -0.39 is 5.97 Å². The number of benzene rings is 2. The zero-order valence-corrected chi connectivity index (χ0v) is 14.1. The number of ether oxygens (including phenoxy) is 3. The molecule has 1 aromatic heterocycles. The Morgan fingerprint density at radius 3 is 2.69 bits per heavy atom. The first-order valence-electron chi connectivity index (χ1n) is 8.46. The van der Waals surface area contributed by atoms with E-state index in [-0.39, 0.29) is 6.61 Å².